The highest BCUT2D eigenvalue weighted by molar-refractivity contribution is 7.86. The van der Waals surface area contributed by atoms with Crippen molar-refractivity contribution in [2.45, 2.75) is 43.9 Å². The van der Waals surface area contributed by atoms with Gasteiger partial charge in [0.2, 0.25) is 0 Å². The largest absolute Gasteiger partial charge is 0.505 e. The first-order chi connectivity index (χ1) is 31.1. The second-order valence-electron chi connectivity index (χ2n) is 15.2. The summed E-state index contributed by atoms with van der Waals surface area (Å²) in [4.78, 5) is -1.06. The molecule has 0 atom stereocenters. The standard InChI is InChI=1S/C45H41N7O11S3/c1-26-18-39(27(2)17-38(26)48-47-34-12-13-36-30(22-34)23-35(65(57,58)59)25-42(36)63-15-8-16-64(54,55)56)49-50-40-19-29(4)41(20-28(40)3)51-52-44-43(66(60,61)62)24-31-21-33(11-14-37(31)45(44)53)46-32-9-6-5-7-10-32/h5-7,9-14,17-25,46,53H,8,15-16H2,1-4H3,(H,54,55,56)(H,57,58,59)(H,60,61,62). The molecule has 0 spiro atoms. The predicted octanol–water partition coefficient (Wildman–Crippen LogP) is 12.1. The number of aryl methyl sites for hydroxylation is 4. The highest BCUT2D eigenvalue weighted by Crippen LogP contribution is 2.43. The maximum atomic E-state index is 12.5. The Morgan fingerprint density at radius 1 is 0.545 bits per heavy atom. The number of anilines is 2. The fraction of sp³-hybridized carbons (Fsp3) is 0.156. The molecule has 0 aromatic heterocycles. The molecule has 5 N–H and O–H groups in total. The number of hydrogen-bond acceptors (Lipinski definition) is 15. The third-order valence-corrected chi connectivity index (χ3v) is 12.7. The average Bonchev–Trinajstić information content (AvgIpc) is 3.24. The second kappa shape index (κ2) is 18.8. The van der Waals surface area contributed by atoms with Gasteiger partial charge in [0.15, 0.2) is 5.75 Å². The molecule has 18 nitrogen and oxygen atoms in total. The second-order valence-corrected chi connectivity index (χ2v) is 19.6. The number of para-hydroxylation sites is 1. The zero-order chi connectivity index (χ0) is 47.6. The molecule has 7 aromatic carbocycles. The summed E-state index contributed by atoms with van der Waals surface area (Å²) in [5, 5.41) is 41.9. The number of benzene rings is 7. The number of hydrogen-bond donors (Lipinski definition) is 5. The first-order valence-corrected chi connectivity index (χ1v) is 24.3. The highest BCUT2D eigenvalue weighted by atomic mass is 32.2. The Hall–Kier alpha value is -7.01. The smallest absolute Gasteiger partial charge is 0.296 e. The Balaban J connectivity index is 1.09. The molecule has 0 saturated heterocycles. The van der Waals surface area contributed by atoms with E-state index in [1.807, 2.05) is 44.2 Å². The quantitative estimate of drug-likeness (QED) is 0.0364. The van der Waals surface area contributed by atoms with Crippen molar-refractivity contribution < 1.29 is 48.8 Å². The summed E-state index contributed by atoms with van der Waals surface area (Å²) in [5.74, 6) is -0.955. The van der Waals surface area contributed by atoms with E-state index in [9.17, 15) is 39.5 Å². The topological polar surface area (TPSA) is 279 Å². The number of rotatable bonds is 15. The van der Waals surface area contributed by atoms with E-state index >= 15 is 0 Å². The number of phenols is 1. The van der Waals surface area contributed by atoms with Crippen LogP contribution < -0.4 is 10.1 Å². The molecule has 0 aliphatic heterocycles. The Bertz CT molecular complexity index is 3490. The summed E-state index contributed by atoms with van der Waals surface area (Å²) < 4.78 is 106. The van der Waals surface area contributed by atoms with E-state index in [2.05, 4.69) is 36.0 Å². The molecule has 0 fully saturated rings. The van der Waals surface area contributed by atoms with Crippen LogP contribution in [0, 0.1) is 27.7 Å². The minimum atomic E-state index is -4.85. The van der Waals surface area contributed by atoms with Gasteiger partial charge in [-0.3, -0.25) is 13.7 Å². The maximum absolute atomic E-state index is 12.5. The molecule has 0 radical (unpaired) electrons. The molecule has 0 heterocycles. The van der Waals surface area contributed by atoms with Crippen molar-refractivity contribution in [3.8, 4) is 11.5 Å². The molecule has 0 amide bonds. The fourth-order valence-electron chi connectivity index (χ4n) is 6.79. The van der Waals surface area contributed by atoms with Crippen LogP contribution in [0.5, 0.6) is 11.5 Å². The number of ether oxygens (including phenoxy) is 1. The van der Waals surface area contributed by atoms with E-state index in [4.69, 9.17) is 9.29 Å². The van der Waals surface area contributed by atoms with Gasteiger partial charge < -0.3 is 15.2 Å². The van der Waals surface area contributed by atoms with Crippen LogP contribution in [0.1, 0.15) is 28.7 Å². The van der Waals surface area contributed by atoms with Crippen molar-refractivity contribution >= 4 is 97.4 Å². The minimum absolute atomic E-state index is 0.0639. The van der Waals surface area contributed by atoms with Gasteiger partial charge in [-0.2, -0.15) is 50.8 Å². The van der Waals surface area contributed by atoms with Crippen LogP contribution in [0.4, 0.5) is 45.5 Å². The van der Waals surface area contributed by atoms with Gasteiger partial charge in [-0.15, -0.1) is 5.11 Å². The van der Waals surface area contributed by atoms with Gasteiger partial charge in [0.1, 0.15) is 16.3 Å². The summed E-state index contributed by atoms with van der Waals surface area (Å²) in [6.07, 6.45) is -0.0639. The lowest BCUT2D eigenvalue weighted by atomic mass is 10.1. The molecule has 0 saturated carbocycles. The van der Waals surface area contributed by atoms with Crippen molar-refractivity contribution in [3.05, 3.63) is 131 Å². The van der Waals surface area contributed by atoms with Gasteiger partial charge >= 0.3 is 0 Å². The maximum Gasteiger partial charge on any atom is 0.296 e. The molecule has 7 aromatic rings. The summed E-state index contributed by atoms with van der Waals surface area (Å²) in [6, 6.07) is 29.6. The van der Waals surface area contributed by atoms with Gasteiger partial charge in [-0.05, 0) is 152 Å². The van der Waals surface area contributed by atoms with Crippen LogP contribution in [-0.4, -0.2) is 56.4 Å². The summed E-state index contributed by atoms with van der Waals surface area (Å²) in [5.41, 5.74) is 5.97. The lowest BCUT2D eigenvalue weighted by Crippen LogP contribution is -2.09. The molecule has 21 heteroatoms. The molecular formula is C45H41N7O11S3. The van der Waals surface area contributed by atoms with E-state index < -0.39 is 57.3 Å². The van der Waals surface area contributed by atoms with Gasteiger partial charge in [-0.1, -0.05) is 18.2 Å². The Morgan fingerprint density at radius 2 is 1.09 bits per heavy atom. The molecule has 0 aliphatic carbocycles. The summed E-state index contributed by atoms with van der Waals surface area (Å²) in [6.45, 7) is 7.01. The molecule has 340 valence electrons. The lowest BCUT2D eigenvalue weighted by molar-refractivity contribution is 0.319. The Labute approximate surface area is 379 Å². The summed E-state index contributed by atoms with van der Waals surface area (Å²) in [7, 11) is -13.7. The molecule has 0 aliphatic rings. The normalized spacial score (nSPS) is 12.6. The lowest BCUT2D eigenvalue weighted by Gasteiger charge is -2.12. The SMILES string of the molecule is Cc1cc(N=Nc2cc(C)c(N=Nc3c(S(=O)(=O)O)cc4cc(Nc5ccccc5)ccc4c3O)cc2C)c(C)cc1N=Nc1ccc2c(OCCCS(=O)(=O)O)cc(S(=O)(=O)O)cc2c1. The summed E-state index contributed by atoms with van der Waals surface area (Å²) >= 11 is 0. The number of fused-ring (bicyclic) bond motifs is 2. The van der Waals surface area contributed by atoms with Crippen molar-refractivity contribution in [3.63, 3.8) is 0 Å². The third-order valence-electron chi connectivity index (χ3n) is 10.2. The van der Waals surface area contributed by atoms with Crippen LogP contribution in [0.25, 0.3) is 21.5 Å². The van der Waals surface area contributed by atoms with Gasteiger partial charge in [-0.25, -0.2) is 0 Å². The molecule has 0 bridgehead atoms. The average molecular weight is 952 g/mol. The van der Waals surface area contributed by atoms with E-state index in [1.54, 1.807) is 74.5 Å². The zero-order valence-electron chi connectivity index (χ0n) is 35.6. The van der Waals surface area contributed by atoms with Gasteiger partial charge in [0.25, 0.3) is 30.4 Å². The third kappa shape index (κ3) is 11.3. The molecule has 66 heavy (non-hydrogen) atoms. The zero-order valence-corrected chi connectivity index (χ0v) is 38.0. The fourth-order valence-corrected chi connectivity index (χ4v) is 8.46. The first kappa shape index (κ1) is 47.0. The predicted molar refractivity (Wildman–Crippen MR) is 250 cm³/mol. The Kier molecular flexibility index (Phi) is 13.4. The number of nitrogens with one attached hydrogen (secondary N) is 1. The molecule has 0 unspecified atom stereocenters. The Morgan fingerprint density at radius 3 is 1.65 bits per heavy atom. The van der Waals surface area contributed by atoms with Crippen LogP contribution in [0.3, 0.4) is 0 Å². The monoisotopic (exact) mass is 951 g/mol. The van der Waals surface area contributed by atoms with E-state index in [1.165, 1.54) is 12.1 Å². The van der Waals surface area contributed by atoms with Crippen LogP contribution >= 0.6 is 0 Å². The number of azo groups is 3. The number of aromatic hydroxyl groups is 1. The number of nitrogens with zero attached hydrogens (tertiary/aromatic N) is 6. The van der Waals surface area contributed by atoms with Crippen LogP contribution in [0.15, 0.2) is 150 Å². The van der Waals surface area contributed by atoms with Crippen molar-refractivity contribution in [1.29, 1.82) is 0 Å². The van der Waals surface area contributed by atoms with E-state index in [0.717, 1.165) is 17.3 Å². The minimum Gasteiger partial charge on any atom is -0.505 e. The molecule has 7 rings (SSSR count). The van der Waals surface area contributed by atoms with Crippen LogP contribution in [-0.2, 0) is 30.4 Å². The van der Waals surface area contributed by atoms with Crippen molar-refractivity contribution in [2.75, 3.05) is 17.7 Å². The van der Waals surface area contributed by atoms with E-state index in [0.29, 0.717) is 72.4 Å². The molecular weight excluding hydrogens is 911 g/mol. The van der Waals surface area contributed by atoms with Crippen molar-refractivity contribution in [2.24, 2.45) is 30.7 Å². The van der Waals surface area contributed by atoms with Crippen molar-refractivity contribution in [1.82, 2.24) is 0 Å². The van der Waals surface area contributed by atoms with Crippen LogP contribution in [0.2, 0.25) is 0 Å². The first-order valence-electron chi connectivity index (χ1n) is 19.8. The highest BCUT2D eigenvalue weighted by Gasteiger charge is 2.23. The van der Waals surface area contributed by atoms with Gasteiger partial charge in [0, 0.05) is 28.2 Å². The number of phenolic OH excluding ortho intramolecular Hbond substituents is 1. The van der Waals surface area contributed by atoms with Gasteiger partial charge in [0.05, 0.1) is 45.7 Å². The van der Waals surface area contributed by atoms with E-state index in [-0.39, 0.29) is 18.8 Å².